The van der Waals surface area contributed by atoms with E-state index in [0.717, 1.165) is 0 Å². The van der Waals surface area contributed by atoms with E-state index in [4.69, 9.17) is 0 Å². The van der Waals surface area contributed by atoms with Crippen LogP contribution in [-0.2, 0) is 4.74 Å². The van der Waals surface area contributed by atoms with Crippen molar-refractivity contribution in [3.05, 3.63) is 0 Å². The Morgan fingerprint density at radius 3 is 1.80 bits per heavy atom. The van der Waals surface area contributed by atoms with E-state index in [1.165, 1.54) is 0 Å². The molecule has 0 unspecified atom stereocenters. The fourth-order valence-corrected chi connectivity index (χ4v) is 0.954. The lowest BCUT2D eigenvalue weighted by molar-refractivity contribution is -0.397. The lowest BCUT2D eigenvalue weighted by atomic mass is 10.0. The van der Waals surface area contributed by atoms with Crippen molar-refractivity contribution >= 4 is 17.4 Å². The summed E-state index contributed by atoms with van der Waals surface area (Å²) in [6, 6.07) is 0. The van der Waals surface area contributed by atoms with Gasteiger partial charge < -0.3 is 4.74 Å². The van der Waals surface area contributed by atoms with Crippen LogP contribution in [0.15, 0.2) is 4.99 Å². The SMILES string of the molecule is FC(F)(F)C(F)(F)C(F)(F)C(F)(F)CCOCN=C=S. The van der Waals surface area contributed by atoms with Crippen LogP contribution in [0.4, 0.5) is 39.5 Å². The first-order valence-electron chi connectivity index (χ1n) is 4.63. The molecule has 2 nitrogen and oxygen atoms in total. The van der Waals surface area contributed by atoms with Gasteiger partial charge in [0.1, 0.15) is 6.73 Å². The molecule has 0 aliphatic carbocycles. The standard InChI is InChI=1S/C8H6F9NOS/c9-5(10,1-2-19-3-18-4-20)6(11,12)7(13,14)8(15,16)17/h1-3H2. The third kappa shape index (κ3) is 3.83. The molecule has 118 valence electrons. The van der Waals surface area contributed by atoms with Gasteiger partial charge in [-0.3, -0.25) is 0 Å². The van der Waals surface area contributed by atoms with E-state index in [-0.39, 0.29) is 0 Å². The van der Waals surface area contributed by atoms with Crippen LogP contribution in [0.1, 0.15) is 6.42 Å². The topological polar surface area (TPSA) is 21.6 Å². The third-order valence-electron chi connectivity index (χ3n) is 1.99. The zero-order chi connectivity index (χ0) is 16.2. The normalized spacial score (nSPS) is 14.1. The maximum Gasteiger partial charge on any atom is 0.460 e. The molecule has 0 fully saturated rings. The largest absolute Gasteiger partial charge is 0.460 e. The number of alkyl halides is 9. The molecule has 0 aromatic rings. The molecule has 0 saturated heterocycles. The van der Waals surface area contributed by atoms with Crippen LogP contribution >= 0.6 is 12.2 Å². The van der Waals surface area contributed by atoms with Crippen LogP contribution in [0.5, 0.6) is 0 Å². The minimum Gasteiger partial charge on any atom is -0.358 e. The molecular formula is C8H6F9NOS. The average molecular weight is 335 g/mol. The quantitative estimate of drug-likeness (QED) is 0.304. The summed E-state index contributed by atoms with van der Waals surface area (Å²) in [5.41, 5.74) is 0. The van der Waals surface area contributed by atoms with Gasteiger partial charge >= 0.3 is 23.9 Å². The van der Waals surface area contributed by atoms with Gasteiger partial charge in [-0.05, 0) is 12.2 Å². The summed E-state index contributed by atoms with van der Waals surface area (Å²) in [5.74, 6) is -19.1. The first-order chi connectivity index (χ1) is 8.81. The van der Waals surface area contributed by atoms with E-state index in [2.05, 4.69) is 21.9 Å². The van der Waals surface area contributed by atoms with Crippen molar-refractivity contribution in [1.82, 2.24) is 0 Å². The number of aliphatic imine (C=N–C) groups is 1. The lowest BCUT2D eigenvalue weighted by Gasteiger charge is -2.33. The van der Waals surface area contributed by atoms with Crippen LogP contribution in [0.3, 0.4) is 0 Å². The molecule has 0 atom stereocenters. The summed E-state index contributed by atoms with van der Waals surface area (Å²) >= 11 is 4.04. The summed E-state index contributed by atoms with van der Waals surface area (Å²) in [5, 5.41) is 1.72. The van der Waals surface area contributed by atoms with Gasteiger partial charge in [0, 0.05) is 6.42 Å². The lowest BCUT2D eigenvalue weighted by Crippen LogP contribution is -2.61. The number of halogens is 9. The maximum atomic E-state index is 12.9. The highest BCUT2D eigenvalue weighted by atomic mass is 32.1. The molecule has 0 rings (SSSR count). The van der Waals surface area contributed by atoms with Gasteiger partial charge in [0.25, 0.3) is 0 Å². The molecule has 0 saturated carbocycles. The molecular weight excluding hydrogens is 329 g/mol. The highest BCUT2D eigenvalue weighted by Gasteiger charge is 2.81. The second kappa shape index (κ2) is 6.27. The van der Waals surface area contributed by atoms with Crippen molar-refractivity contribution in [2.45, 2.75) is 30.4 Å². The minimum absolute atomic E-state index is 0.666. The predicted molar refractivity (Wildman–Crippen MR) is 51.4 cm³/mol. The molecule has 20 heavy (non-hydrogen) atoms. The number of hydrogen-bond acceptors (Lipinski definition) is 3. The van der Waals surface area contributed by atoms with Gasteiger partial charge in [-0.1, -0.05) is 0 Å². The fraction of sp³-hybridized carbons (Fsp3) is 0.875. The van der Waals surface area contributed by atoms with Gasteiger partial charge in [0.15, 0.2) is 0 Å². The Morgan fingerprint density at radius 2 is 1.40 bits per heavy atom. The van der Waals surface area contributed by atoms with E-state index >= 15 is 0 Å². The number of thiocarbonyl (C=S) groups is 1. The fourth-order valence-electron chi connectivity index (χ4n) is 0.902. The van der Waals surface area contributed by atoms with Crippen LogP contribution < -0.4 is 0 Å². The molecule has 0 aromatic heterocycles. The first kappa shape index (κ1) is 19.1. The monoisotopic (exact) mass is 335 g/mol. The predicted octanol–water partition coefficient (Wildman–Crippen LogP) is 3.92. The molecule has 0 aliphatic heterocycles. The molecule has 0 aromatic carbocycles. The zero-order valence-electron chi connectivity index (χ0n) is 9.29. The van der Waals surface area contributed by atoms with Crippen LogP contribution in [-0.4, -0.2) is 42.4 Å². The van der Waals surface area contributed by atoms with E-state index in [1.807, 2.05) is 0 Å². The minimum atomic E-state index is -6.88. The zero-order valence-corrected chi connectivity index (χ0v) is 10.1. The number of ether oxygens (including phenoxy) is 1. The molecule has 0 N–H and O–H groups in total. The molecule has 0 heterocycles. The summed E-state index contributed by atoms with van der Waals surface area (Å²) in [7, 11) is 0. The Morgan fingerprint density at radius 1 is 0.900 bits per heavy atom. The van der Waals surface area contributed by atoms with Gasteiger partial charge in [-0.25, -0.2) is 4.99 Å². The summed E-state index contributed by atoms with van der Waals surface area (Å²) in [4.78, 5) is 3.02. The van der Waals surface area contributed by atoms with Gasteiger partial charge in [0.05, 0.1) is 11.8 Å². The van der Waals surface area contributed by atoms with E-state index < -0.39 is 43.7 Å². The molecule has 12 heteroatoms. The molecule has 0 spiro atoms. The number of rotatable bonds is 7. The summed E-state index contributed by atoms with van der Waals surface area (Å²) < 4.78 is 115. The Bertz CT molecular complexity index is 375. The van der Waals surface area contributed by atoms with Crippen molar-refractivity contribution in [3.8, 4) is 0 Å². The number of hydrogen-bond donors (Lipinski definition) is 0. The van der Waals surface area contributed by atoms with E-state index in [0.29, 0.717) is 0 Å². The third-order valence-corrected chi connectivity index (χ3v) is 2.12. The highest BCUT2D eigenvalue weighted by molar-refractivity contribution is 7.78. The summed E-state index contributed by atoms with van der Waals surface area (Å²) in [6.45, 7) is -1.89. The first-order valence-corrected chi connectivity index (χ1v) is 5.03. The average Bonchev–Trinajstić information content (AvgIpc) is 2.26. The second-order valence-corrected chi connectivity index (χ2v) is 3.57. The van der Waals surface area contributed by atoms with Crippen LogP contribution in [0.25, 0.3) is 0 Å². The molecule has 0 aliphatic rings. The van der Waals surface area contributed by atoms with E-state index in [1.54, 1.807) is 5.16 Å². The Labute approximate surface area is 111 Å². The van der Waals surface area contributed by atoms with Gasteiger partial charge in [0.2, 0.25) is 0 Å². The highest BCUT2D eigenvalue weighted by Crippen LogP contribution is 2.53. The van der Waals surface area contributed by atoms with Crippen molar-refractivity contribution < 1.29 is 44.3 Å². The maximum absolute atomic E-state index is 12.9. The van der Waals surface area contributed by atoms with E-state index in [9.17, 15) is 39.5 Å². The molecule has 0 bridgehead atoms. The molecule has 0 amide bonds. The van der Waals surface area contributed by atoms with Gasteiger partial charge in [-0.2, -0.15) is 39.5 Å². The van der Waals surface area contributed by atoms with Crippen molar-refractivity contribution in [2.24, 2.45) is 4.99 Å². The van der Waals surface area contributed by atoms with Crippen molar-refractivity contribution in [1.29, 1.82) is 0 Å². The van der Waals surface area contributed by atoms with Crippen molar-refractivity contribution in [2.75, 3.05) is 13.3 Å². The Kier molecular flexibility index (Phi) is 6.00. The Hall–Kier alpha value is -0.870. The second-order valence-electron chi connectivity index (χ2n) is 3.39. The number of nitrogens with zero attached hydrogens (tertiary/aromatic N) is 1. The Balaban J connectivity index is 4.93. The van der Waals surface area contributed by atoms with Gasteiger partial charge in [-0.15, -0.1) is 0 Å². The van der Waals surface area contributed by atoms with Crippen LogP contribution in [0, 0.1) is 0 Å². The summed E-state index contributed by atoms with van der Waals surface area (Å²) in [6.07, 6.45) is -8.87. The molecule has 0 radical (unpaired) electrons. The van der Waals surface area contributed by atoms with Crippen LogP contribution in [0.2, 0.25) is 0 Å². The number of isothiocyanates is 1. The smallest absolute Gasteiger partial charge is 0.358 e. The van der Waals surface area contributed by atoms with Crippen molar-refractivity contribution in [3.63, 3.8) is 0 Å².